The molecule has 3 heterocycles. The lowest BCUT2D eigenvalue weighted by molar-refractivity contribution is 0.0544. The molecule has 1 N–H and O–H groups in total. The molecule has 1 unspecified atom stereocenters. The smallest absolute Gasteiger partial charge is 0.0460 e. The summed E-state index contributed by atoms with van der Waals surface area (Å²) in [5, 5.41) is 13.7. The van der Waals surface area contributed by atoms with Crippen LogP contribution in [0.2, 0.25) is 0 Å². The number of likely N-dealkylation sites (tertiary alicyclic amines) is 2. The Labute approximate surface area is 126 Å². The van der Waals surface area contributed by atoms with Crippen molar-refractivity contribution in [2.24, 2.45) is 5.92 Å². The molecule has 0 aromatic carbocycles. The lowest BCUT2D eigenvalue weighted by Gasteiger charge is -2.42. The topological polar surface area (TPSA) is 26.7 Å². The average Bonchev–Trinajstić information content (AvgIpc) is 3.01. The zero-order chi connectivity index (χ0) is 13.8. The zero-order valence-electron chi connectivity index (χ0n) is 12.2. The number of hydrogen-bond acceptors (Lipinski definition) is 4. The van der Waals surface area contributed by atoms with Crippen LogP contribution in [-0.2, 0) is 6.54 Å². The minimum atomic E-state index is 0.378. The van der Waals surface area contributed by atoms with Gasteiger partial charge in [0.1, 0.15) is 0 Å². The van der Waals surface area contributed by atoms with Crippen molar-refractivity contribution in [2.45, 2.75) is 38.3 Å². The summed E-state index contributed by atoms with van der Waals surface area (Å²) < 4.78 is 0. The van der Waals surface area contributed by atoms with Crippen LogP contribution in [0.1, 0.15) is 31.2 Å². The van der Waals surface area contributed by atoms with Gasteiger partial charge >= 0.3 is 0 Å². The fraction of sp³-hybridized carbons (Fsp3) is 0.750. The van der Waals surface area contributed by atoms with Crippen LogP contribution in [0, 0.1) is 5.92 Å². The maximum absolute atomic E-state index is 9.25. The molecule has 2 saturated heterocycles. The van der Waals surface area contributed by atoms with E-state index in [0.29, 0.717) is 12.5 Å². The van der Waals surface area contributed by atoms with Crippen molar-refractivity contribution in [3.05, 3.63) is 22.4 Å². The number of thiophene rings is 1. The highest BCUT2D eigenvalue weighted by Gasteiger charge is 2.28. The average molecular weight is 294 g/mol. The molecule has 1 atom stereocenters. The van der Waals surface area contributed by atoms with Gasteiger partial charge < -0.3 is 5.11 Å². The Balaban J connectivity index is 1.50. The van der Waals surface area contributed by atoms with Crippen LogP contribution < -0.4 is 0 Å². The summed E-state index contributed by atoms with van der Waals surface area (Å²) in [6.45, 7) is 6.33. The Kier molecular flexibility index (Phi) is 5.10. The summed E-state index contributed by atoms with van der Waals surface area (Å²) in [6, 6.07) is 2.99. The van der Waals surface area contributed by atoms with Crippen molar-refractivity contribution in [3.63, 3.8) is 0 Å². The highest BCUT2D eigenvalue weighted by molar-refractivity contribution is 7.07. The fourth-order valence-corrected chi connectivity index (χ4v) is 4.27. The van der Waals surface area contributed by atoms with Crippen LogP contribution in [0.5, 0.6) is 0 Å². The fourth-order valence-electron chi connectivity index (χ4n) is 3.61. The second kappa shape index (κ2) is 7.03. The lowest BCUT2D eigenvalue weighted by atomic mass is 9.94. The molecule has 0 spiro atoms. The number of piperidine rings is 2. The van der Waals surface area contributed by atoms with Crippen LogP contribution in [-0.4, -0.2) is 53.7 Å². The Morgan fingerprint density at radius 3 is 2.75 bits per heavy atom. The van der Waals surface area contributed by atoms with Gasteiger partial charge in [-0.15, -0.1) is 0 Å². The third kappa shape index (κ3) is 3.61. The van der Waals surface area contributed by atoms with Crippen LogP contribution in [0.3, 0.4) is 0 Å². The van der Waals surface area contributed by atoms with Crippen molar-refractivity contribution >= 4 is 11.3 Å². The predicted octanol–water partition coefficient (Wildman–Crippen LogP) is 2.42. The summed E-state index contributed by atoms with van der Waals surface area (Å²) >= 11 is 1.80. The second-order valence-corrected chi connectivity index (χ2v) is 7.10. The molecule has 0 amide bonds. The minimum absolute atomic E-state index is 0.378. The molecule has 112 valence electrons. The molecule has 0 saturated carbocycles. The van der Waals surface area contributed by atoms with Gasteiger partial charge in [-0.25, -0.2) is 0 Å². The molecule has 0 bridgehead atoms. The van der Waals surface area contributed by atoms with E-state index < -0.39 is 0 Å². The molecular formula is C16H26N2OS. The number of rotatable bonds is 4. The Morgan fingerprint density at radius 2 is 2.05 bits per heavy atom. The van der Waals surface area contributed by atoms with Crippen LogP contribution in [0.4, 0.5) is 0 Å². The lowest BCUT2D eigenvalue weighted by Crippen LogP contribution is -2.50. The predicted molar refractivity (Wildman–Crippen MR) is 84.0 cm³/mol. The molecule has 3 nitrogen and oxygen atoms in total. The summed E-state index contributed by atoms with van der Waals surface area (Å²) in [4.78, 5) is 5.29. The van der Waals surface area contributed by atoms with Crippen LogP contribution in [0.25, 0.3) is 0 Å². The second-order valence-electron chi connectivity index (χ2n) is 6.32. The molecule has 0 aliphatic carbocycles. The highest BCUT2D eigenvalue weighted by Crippen LogP contribution is 2.24. The molecule has 2 aliphatic rings. The number of hydrogen-bond donors (Lipinski definition) is 1. The third-order valence-corrected chi connectivity index (χ3v) is 5.62. The van der Waals surface area contributed by atoms with Gasteiger partial charge in [0.05, 0.1) is 0 Å². The number of nitrogens with zero attached hydrogens (tertiary/aromatic N) is 2. The van der Waals surface area contributed by atoms with E-state index in [9.17, 15) is 5.11 Å². The summed E-state index contributed by atoms with van der Waals surface area (Å²) in [5.41, 5.74) is 1.47. The first-order chi connectivity index (χ1) is 9.85. The maximum Gasteiger partial charge on any atom is 0.0460 e. The Morgan fingerprint density at radius 1 is 1.20 bits per heavy atom. The molecule has 20 heavy (non-hydrogen) atoms. The summed E-state index contributed by atoms with van der Waals surface area (Å²) in [5.74, 6) is 0.553. The van der Waals surface area contributed by atoms with Gasteiger partial charge in [0.25, 0.3) is 0 Å². The van der Waals surface area contributed by atoms with Crippen molar-refractivity contribution in [1.29, 1.82) is 0 Å². The van der Waals surface area contributed by atoms with E-state index >= 15 is 0 Å². The number of aliphatic hydroxyl groups is 1. The van der Waals surface area contributed by atoms with Gasteiger partial charge in [0, 0.05) is 25.7 Å². The van der Waals surface area contributed by atoms with Gasteiger partial charge in [-0.1, -0.05) is 0 Å². The quantitative estimate of drug-likeness (QED) is 0.924. The first kappa shape index (κ1) is 14.5. The van der Waals surface area contributed by atoms with Gasteiger partial charge in [0.15, 0.2) is 0 Å². The van der Waals surface area contributed by atoms with Crippen molar-refractivity contribution in [1.82, 2.24) is 9.80 Å². The van der Waals surface area contributed by atoms with E-state index in [0.717, 1.165) is 12.6 Å². The van der Waals surface area contributed by atoms with Crippen molar-refractivity contribution in [2.75, 3.05) is 32.8 Å². The van der Waals surface area contributed by atoms with Gasteiger partial charge in [-0.2, -0.15) is 11.3 Å². The highest BCUT2D eigenvalue weighted by atomic mass is 32.1. The van der Waals surface area contributed by atoms with E-state index in [1.54, 1.807) is 11.3 Å². The standard InChI is InChI=1S/C16H26N2OS/c19-12-14-3-7-18(8-4-14)16-2-1-6-17(11-16)10-15-5-9-20-13-15/h5,9,13-14,16,19H,1-4,6-8,10-12H2. The van der Waals surface area contributed by atoms with Crippen LogP contribution in [0.15, 0.2) is 16.8 Å². The summed E-state index contributed by atoms with van der Waals surface area (Å²) in [7, 11) is 0. The van der Waals surface area contributed by atoms with Crippen molar-refractivity contribution < 1.29 is 5.11 Å². The zero-order valence-corrected chi connectivity index (χ0v) is 13.0. The summed E-state index contributed by atoms with van der Waals surface area (Å²) in [6.07, 6.45) is 5.04. The minimum Gasteiger partial charge on any atom is -0.396 e. The molecule has 1 aromatic heterocycles. The molecule has 1 aromatic rings. The molecule has 0 radical (unpaired) electrons. The molecule has 3 rings (SSSR count). The maximum atomic E-state index is 9.25. The van der Waals surface area contributed by atoms with Gasteiger partial charge in [-0.05, 0) is 73.6 Å². The first-order valence-corrected chi connectivity index (χ1v) is 8.88. The van der Waals surface area contributed by atoms with E-state index in [2.05, 4.69) is 26.6 Å². The van der Waals surface area contributed by atoms with Crippen molar-refractivity contribution in [3.8, 4) is 0 Å². The largest absolute Gasteiger partial charge is 0.396 e. The van der Waals surface area contributed by atoms with E-state index in [1.807, 2.05) is 0 Å². The Bertz CT molecular complexity index is 387. The SMILES string of the molecule is OCC1CCN(C2CCCN(Cc3ccsc3)C2)CC1. The third-order valence-electron chi connectivity index (χ3n) is 4.89. The molecular weight excluding hydrogens is 268 g/mol. The monoisotopic (exact) mass is 294 g/mol. The van der Waals surface area contributed by atoms with Crippen LogP contribution >= 0.6 is 11.3 Å². The van der Waals surface area contributed by atoms with Gasteiger partial charge in [0.2, 0.25) is 0 Å². The first-order valence-electron chi connectivity index (χ1n) is 7.93. The Hall–Kier alpha value is -0.420. The van der Waals surface area contributed by atoms with Gasteiger partial charge in [-0.3, -0.25) is 9.80 Å². The van der Waals surface area contributed by atoms with E-state index in [1.165, 1.54) is 57.4 Å². The number of aliphatic hydroxyl groups excluding tert-OH is 1. The normalized spacial score (nSPS) is 26.9. The molecule has 2 fully saturated rings. The molecule has 2 aliphatic heterocycles. The molecule has 4 heteroatoms. The van der Waals surface area contributed by atoms with E-state index in [4.69, 9.17) is 0 Å². The van der Waals surface area contributed by atoms with E-state index in [-0.39, 0.29) is 0 Å².